The molecule has 2 aliphatic rings. The topological polar surface area (TPSA) is 0 Å². The summed E-state index contributed by atoms with van der Waals surface area (Å²) < 4.78 is 1.42. The summed E-state index contributed by atoms with van der Waals surface area (Å²) in [5.74, 6) is 0.650. The van der Waals surface area contributed by atoms with Crippen molar-refractivity contribution in [3.8, 4) is 0 Å². The van der Waals surface area contributed by atoms with Gasteiger partial charge in [0, 0.05) is 10.4 Å². The molecule has 1 unspecified atom stereocenters. The van der Waals surface area contributed by atoms with Crippen molar-refractivity contribution in [2.45, 2.75) is 51.4 Å². The van der Waals surface area contributed by atoms with E-state index in [2.05, 4.69) is 41.1 Å². The Labute approximate surface area is 112 Å². The van der Waals surface area contributed by atoms with Crippen LogP contribution in [0, 0.1) is 0 Å². The highest BCUT2D eigenvalue weighted by Gasteiger charge is 2.24. The zero-order chi connectivity index (χ0) is 11.8. The zero-order valence-electron chi connectivity index (χ0n) is 10.4. The van der Waals surface area contributed by atoms with Gasteiger partial charge in [0.15, 0.2) is 0 Å². The Morgan fingerprint density at radius 3 is 2.94 bits per heavy atom. The molecule has 0 aliphatic heterocycles. The van der Waals surface area contributed by atoms with E-state index in [4.69, 9.17) is 0 Å². The number of allylic oxidation sites excluding steroid dienone is 1. The van der Waals surface area contributed by atoms with E-state index in [-0.39, 0.29) is 0 Å². The first-order chi connectivity index (χ1) is 8.31. The normalized spacial score (nSPS) is 21.4. The SMILES string of the molecule is CCCC1C=Cc2cc3c(c(Br)c21)CCCC3. The molecule has 0 heterocycles. The Morgan fingerprint density at radius 2 is 2.12 bits per heavy atom. The number of fused-ring (bicyclic) bond motifs is 2. The van der Waals surface area contributed by atoms with E-state index in [1.54, 1.807) is 16.7 Å². The Morgan fingerprint density at radius 1 is 1.29 bits per heavy atom. The molecule has 0 aromatic heterocycles. The Balaban J connectivity index is 2.09. The van der Waals surface area contributed by atoms with Gasteiger partial charge in [-0.15, -0.1) is 0 Å². The molecule has 0 saturated heterocycles. The van der Waals surface area contributed by atoms with Crippen LogP contribution in [0.3, 0.4) is 0 Å². The molecule has 17 heavy (non-hydrogen) atoms. The molecule has 0 N–H and O–H groups in total. The lowest BCUT2D eigenvalue weighted by atomic mass is 9.86. The van der Waals surface area contributed by atoms with E-state index >= 15 is 0 Å². The maximum Gasteiger partial charge on any atom is 0.0254 e. The van der Waals surface area contributed by atoms with Crippen molar-refractivity contribution in [2.75, 3.05) is 0 Å². The van der Waals surface area contributed by atoms with E-state index in [0.29, 0.717) is 5.92 Å². The van der Waals surface area contributed by atoms with Crippen LogP contribution in [0.1, 0.15) is 60.8 Å². The van der Waals surface area contributed by atoms with Gasteiger partial charge in [-0.3, -0.25) is 0 Å². The van der Waals surface area contributed by atoms with Gasteiger partial charge in [-0.2, -0.15) is 0 Å². The van der Waals surface area contributed by atoms with E-state index in [1.807, 2.05) is 0 Å². The molecule has 1 aromatic rings. The fourth-order valence-electron chi connectivity index (χ4n) is 3.28. The molecule has 0 amide bonds. The second kappa shape index (κ2) is 4.61. The van der Waals surface area contributed by atoms with E-state index in [0.717, 1.165) is 0 Å². The van der Waals surface area contributed by atoms with Crippen LogP contribution < -0.4 is 0 Å². The molecule has 0 bridgehead atoms. The van der Waals surface area contributed by atoms with Crippen LogP contribution in [0.4, 0.5) is 0 Å². The zero-order valence-corrected chi connectivity index (χ0v) is 12.0. The molecule has 90 valence electrons. The van der Waals surface area contributed by atoms with Crippen LogP contribution >= 0.6 is 15.9 Å². The summed E-state index contributed by atoms with van der Waals surface area (Å²) in [4.78, 5) is 0. The first-order valence-corrected chi connectivity index (χ1v) is 7.63. The predicted octanol–water partition coefficient (Wildman–Crippen LogP) is 5.24. The van der Waals surface area contributed by atoms with Crippen molar-refractivity contribution in [3.63, 3.8) is 0 Å². The van der Waals surface area contributed by atoms with E-state index < -0.39 is 0 Å². The van der Waals surface area contributed by atoms with E-state index in [1.165, 1.54) is 48.6 Å². The maximum atomic E-state index is 3.89. The minimum absolute atomic E-state index is 0.650. The second-order valence-corrected chi connectivity index (χ2v) is 6.09. The van der Waals surface area contributed by atoms with Gasteiger partial charge in [0.25, 0.3) is 0 Å². The fraction of sp³-hybridized carbons (Fsp3) is 0.500. The van der Waals surface area contributed by atoms with Crippen LogP contribution in [0.2, 0.25) is 0 Å². The average molecular weight is 291 g/mol. The maximum absolute atomic E-state index is 3.89. The number of hydrogen-bond donors (Lipinski definition) is 0. The van der Waals surface area contributed by atoms with Crippen molar-refractivity contribution in [1.82, 2.24) is 0 Å². The molecule has 0 spiro atoms. The highest BCUT2D eigenvalue weighted by molar-refractivity contribution is 9.10. The Kier molecular flexibility index (Phi) is 3.12. The van der Waals surface area contributed by atoms with Crippen molar-refractivity contribution < 1.29 is 0 Å². The molecule has 0 nitrogen and oxygen atoms in total. The number of aryl methyl sites for hydroxylation is 1. The summed E-state index contributed by atoms with van der Waals surface area (Å²) in [7, 11) is 0. The lowest BCUT2D eigenvalue weighted by Crippen LogP contribution is -2.07. The van der Waals surface area contributed by atoms with E-state index in [9.17, 15) is 0 Å². The van der Waals surface area contributed by atoms with Gasteiger partial charge >= 0.3 is 0 Å². The Bertz CT molecular complexity index is 471. The highest BCUT2D eigenvalue weighted by atomic mass is 79.9. The minimum Gasteiger partial charge on any atom is -0.0763 e. The predicted molar refractivity (Wildman–Crippen MR) is 77.5 cm³/mol. The van der Waals surface area contributed by atoms with Gasteiger partial charge in [-0.05, 0) is 54.4 Å². The van der Waals surface area contributed by atoms with Gasteiger partial charge in [0.05, 0.1) is 0 Å². The summed E-state index contributed by atoms with van der Waals surface area (Å²) in [5.41, 5.74) is 6.21. The van der Waals surface area contributed by atoms with Crippen molar-refractivity contribution in [3.05, 3.63) is 38.9 Å². The lowest BCUT2D eigenvalue weighted by molar-refractivity contribution is 0.674. The molecule has 0 fully saturated rings. The van der Waals surface area contributed by atoms with Gasteiger partial charge in [0.1, 0.15) is 0 Å². The third-order valence-corrected chi connectivity index (χ3v) is 5.04. The van der Waals surface area contributed by atoms with Gasteiger partial charge in [-0.1, -0.05) is 47.5 Å². The number of benzene rings is 1. The van der Waals surface area contributed by atoms with Crippen molar-refractivity contribution in [2.24, 2.45) is 0 Å². The molecule has 0 saturated carbocycles. The molecule has 2 aliphatic carbocycles. The molecule has 1 atom stereocenters. The van der Waals surface area contributed by atoms with Crippen molar-refractivity contribution >= 4 is 22.0 Å². The molecule has 1 aromatic carbocycles. The molecular formula is C16H19Br. The first kappa shape index (κ1) is 11.5. The summed E-state index contributed by atoms with van der Waals surface area (Å²) in [6, 6.07) is 2.45. The van der Waals surface area contributed by atoms with Gasteiger partial charge in [0.2, 0.25) is 0 Å². The smallest absolute Gasteiger partial charge is 0.0254 e. The quantitative estimate of drug-likeness (QED) is 0.699. The number of halogens is 1. The number of rotatable bonds is 2. The standard InChI is InChI=1S/C16H19Br/c1-2-5-11-8-9-13-10-12-6-3-4-7-14(12)16(17)15(11)13/h8-11H,2-7H2,1H3. The third kappa shape index (κ3) is 1.89. The summed E-state index contributed by atoms with van der Waals surface area (Å²) in [6.45, 7) is 2.28. The van der Waals surface area contributed by atoms with Crippen LogP contribution in [0.15, 0.2) is 16.6 Å². The van der Waals surface area contributed by atoms with Gasteiger partial charge < -0.3 is 0 Å². The molecule has 0 radical (unpaired) electrons. The van der Waals surface area contributed by atoms with Gasteiger partial charge in [-0.25, -0.2) is 0 Å². The monoisotopic (exact) mass is 290 g/mol. The minimum atomic E-state index is 0.650. The third-order valence-electron chi connectivity index (χ3n) is 4.13. The summed E-state index contributed by atoms with van der Waals surface area (Å²) >= 11 is 3.89. The Hall–Kier alpha value is -0.560. The molecular weight excluding hydrogens is 272 g/mol. The summed E-state index contributed by atoms with van der Waals surface area (Å²) in [5, 5.41) is 0. The lowest BCUT2D eigenvalue weighted by Gasteiger charge is -2.22. The van der Waals surface area contributed by atoms with Crippen LogP contribution in [0.25, 0.3) is 6.08 Å². The highest BCUT2D eigenvalue weighted by Crippen LogP contribution is 2.43. The van der Waals surface area contributed by atoms with Crippen molar-refractivity contribution in [1.29, 1.82) is 0 Å². The average Bonchev–Trinajstić information content (AvgIpc) is 2.74. The van der Waals surface area contributed by atoms with Crippen LogP contribution in [-0.2, 0) is 12.8 Å². The molecule has 1 heteroatoms. The number of hydrogen-bond acceptors (Lipinski definition) is 0. The fourth-order valence-corrected chi connectivity index (χ4v) is 4.25. The second-order valence-electron chi connectivity index (χ2n) is 5.29. The van der Waals surface area contributed by atoms with Crippen LogP contribution in [-0.4, -0.2) is 0 Å². The first-order valence-electron chi connectivity index (χ1n) is 6.83. The largest absolute Gasteiger partial charge is 0.0763 e. The summed E-state index contributed by atoms with van der Waals surface area (Å²) in [6.07, 6.45) is 12.5. The van der Waals surface area contributed by atoms with Crippen LogP contribution in [0.5, 0.6) is 0 Å². The molecule has 3 rings (SSSR count).